The van der Waals surface area contributed by atoms with Crippen molar-refractivity contribution in [1.82, 2.24) is 24.6 Å². The smallest absolute Gasteiger partial charge is 0.168 e. The number of nitrogens with one attached hydrogen (secondary N) is 1. The number of fused-ring (bicyclic) bond motifs is 1. The van der Waals surface area contributed by atoms with Crippen LogP contribution in [0.15, 0.2) is 55.0 Å². The van der Waals surface area contributed by atoms with Crippen LogP contribution in [-0.2, 0) is 0 Å². The fraction of sp³-hybridized carbons (Fsp3) is 0.292. The van der Waals surface area contributed by atoms with E-state index in [4.69, 9.17) is 0 Å². The number of nitrogens with zero attached hydrogens (tertiary/aromatic N) is 6. The molecule has 0 atom stereocenters. The number of hydrogen-bond acceptors (Lipinski definition) is 6. The molecule has 0 aliphatic carbocycles. The fourth-order valence-corrected chi connectivity index (χ4v) is 4.15. The molecule has 0 saturated carbocycles. The molecule has 1 aliphatic heterocycles. The molecule has 31 heavy (non-hydrogen) atoms. The summed E-state index contributed by atoms with van der Waals surface area (Å²) in [6.45, 7) is 8.42. The first-order chi connectivity index (χ1) is 15.1. The number of benzene rings is 2. The number of anilines is 3. The molecule has 0 amide bonds. The van der Waals surface area contributed by atoms with Gasteiger partial charge in [0.1, 0.15) is 12.1 Å². The van der Waals surface area contributed by atoms with Crippen molar-refractivity contribution in [2.75, 3.05) is 43.4 Å². The van der Waals surface area contributed by atoms with Crippen molar-refractivity contribution in [3.8, 4) is 5.69 Å². The highest BCUT2D eigenvalue weighted by molar-refractivity contribution is 5.89. The molecule has 158 valence electrons. The minimum atomic E-state index is 0.767. The maximum atomic E-state index is 4.66. The topological polar surface area (TPSA) is 62.1 Å². The van der Waals surface area contributed by atoms with Crippen molar-refractivity contribution >= 4 is 28.2 Å². The van der Waals surface area contributed by atoms with E-state index in [0.29, 0.717) is 0 Å². The Kier molecular flexibility index (Phi) is 5.03. The zero-order valence-corrected chi connectivity index (χ0v) is 18.2. The lowest BCUT2D eigenvalue weighted by Gasteiger charge is -2.34. The van der Waals surface area contributed by atoms with Crippen LogP contribution in [0.5, 0.6) is 0 Å². The Morgan fingerprint density at radius 1 is 0.871 bits per heavy atom. The van der Waals surface area contributed by atoms with E-state index >= 15 is 0 Å². The van der Waals surface area contributed by atoms with Crippen LogP contribution in [-0.4, -0.2) is 57.9 Å². The van der Waals surface area contributed by atoms with Gasteiger partial charge in [0.05, 0.1) is 17.3 Å². The highest BCUT2D eigenvalue weighted by Crippen LogP contribution is 2.29. The Hall–Kier alpha value is -3.45. The SMILES string of the molecule is Cc1cccc(C)c1Nc1ncnc2c1cnn2-c1cccc(N2CCN(C)CC2)c1. The molecular formula is C24H27N7. The van der Waals surface area contributed by atoms with E-state index in [9.17, 15) is 0 Å². The van der Waals surface area contributed by atoms with Gasteiger partial charge in [-0.1, -0.05) is 24.3 Å². The Morgan fingerprint density at radius 3 is 2.35 bits per heavy atom. The van der Waals surface area contributed by atoms with Crippen molar-refractivity contribution in [3.63, 3.8) is 0 Å². The van der Waals surface area contributed by atoms with Crippen molar-refractivity contribution in [1.29, 1.82) is 0 Å². The number of aromatic nitrogens is 4. The molecule has 7 nitrogen and oxygen atoms in total. The van der Waals surface area contributed by atoms with Crippen LogP contribution in [0.4, 0.5) is 17.2 Å². The number of likely N-dealkylation sites (N-methyl/N-ethyl adjacent to an activating group) is 1. The monoisotopic (exact) mass is 413 g/mol. The Bertz CT molecular complexity index is 1200. The summed E-state index contributed by atoms with van der Waals surface area (Å²) < 4.78 is 1.90. The molecule has 5 rings (SSSR count). The van der Waals surface area contributed by atoms with Gasteiger partial charge < -0.3 is 15.1 Å². The summed E-state index contributed by atoms with van der Waals surface area (Å²) in [5, 5.41) is 9.05. The van der Waals surface area contributed by atoms with Crippen LogP contribution in [0.3, 0.4) is 0 Å². The van der Waals surface area contributed by atoms with Gasteiger partial charge in [-0.05, 0) is 50.2 Å². The minimum Gasteiger partial charge on any atom is -0.369 e. The first-order valence-corrected chi connectivity index (χ1v) is 10.7. The summed E-state index contributed by atoms with van der Waals surface area (Å²) >= 11 is 0. The molecule has 2 aromatic carbocycles. The predicted octanol–water partition coefficient (Wildman–Crippen LogP) is 3.93. The standard InChI is InChI=1S/C24H27N7/c1-17-6-4-7-18(2)22(17)28-23-21-15-27-31(24(21)26-16-25-23)20-9-5-8-19(14-20)30-12-10-29(3)11-13-30/h4-9,14-16H,10-13H2,1-3H3,(H,25,26,28). The van der Waals surface area contributed by atoms with E-state index in [1.165, 1.54) is 16.8 Å². The Morgan fingerprint density at radius 2 is 1.58 bits per heavy atom. The van der Waals surface area contributed by atoms with Gasteiger partial charge in [0.25, 0.3) is 0 Å². The number of piperazine rings is 1. The summed E-state index contributed by atoms with van der Waals surface area (Å²) in [6, 6.07) is 14.8. The second-order valence-corrected chi connectivity index (χ2v) is 8.22. The lowest BCUT2D eigenvalue weighted by atomic mass is 10.1. The molecule has 0 bridgehead atoms. The van der Waals surface area contributed by atoms with Crippen LogP contribution >= 0.6 is 0 Å². The number of rotatable bonds is 4. The Labute approximate surface area is 182 Å². The molecule has 0 spiro atoms. The van der Waals surface area contributed by atoms with E-state index in [0.717, 1.165) is 54.4 Å². The van der Waals surface area contributed by atoms with Gasteiger partial charge in [-0.25, -0.2) is 14.6 Å². The van der Waals surface area contributed by atoms with Crippen molar-refractivity contribution < 1.29 is 0 Å². The summed E-state index contributed by atoms with van der Waals surface area (Å²) in [6.07, 6.45) is 3.44. The molecule has 1 fully saturated rings. The van der Waals surface area contributed by atoms with E-state index in [1.807, 2.05) is 10.9 Å². The van der Waals surface area contributed by atoms with Gasteiger partial charge in [0, 0.05) is 37.6 Å². The van der Waals surface area contributed by atoms with Gasteiger partial charge in [0.2, 0.25) is 0 Å². The predicted molar refractivity (Wildman–Crippen MR) is 126 cm³/mol. The van der Waals surface area contributed by atoms with E-state index < -0.39 is 0 Å². The molecular weight excluding hydrogens is 386 g/mol. The van der Waals surface area contributed by atoms with Crippen molar-refractivity contribution in [2.45, 2.75) is 13.8 Å². The van der Waals surface area contributed by atoms with Gasteiger partial charge in [-0.3, -0.25) is 0 Å². The average Bonchev–Trinajstić information content (AvgIpc) is 3.22. The minimum absolute atomic E-state index is 0.767. The lowest BCUT2D eigenvalue weighted by molar-refractivity contribution is 0.313. The summed E-state index contributed by atoms with van der Waals surface area (Å²) in [5.74, 6) is 0.767. The van der Waals surface area contributed by atoms with Gasteiger partial charge in [0.15, 0.2) is 5.65 Å². The first-order valence-electron chi connectivity index (χ1n) is 10.7. The molecule has 4 aromatic rings. The highest BCUT2D eigenvalue weighted by Gasteiger charge is 2.16. The molecule has 7 heteroatoms. The molecule has 1 aliphatic rings. The van der Waals surface area contributed by atoms with E-state index in [1.54, 1.807) is 6.33 Å². The molecule has 3 heterocycles. The summed E-state index contributed by atoms with van der Waals surface area (Å²) in [5.41, 5.74) is 6.45. The van der Waals surface area contributed by atoms with Gasteiger partial charge in [-0.15, -0.1) is 0 Å². The van der Waals surface area contributed by atoms with Gasteiger partial charge in [-0.2, -0.15) is 5.10 Å². The van der Waals surface area contributed by atoms with E-state index in [-0.39, 0.29) is 0 Å². The maximum Gasteiger partial charge on any atom is 0.168 e. The van der Waals surface area contributed by atoms with E-state index in [2.05, 4.69) is 93.5 Å². The number of para-hydroxylation sites is 1. The van der Waals surface area contributed by atoms with Crippen molar-refractivity contribution in [3.05, 3.63) is 66.1 Å². The third kappa shape index (κ3) is 3.72. The zero-order valence-electron chi connectivity index (χ0n) is 18.2. The third-order valence-electron chi connectivity index (χ3n) is 6.03. The second kappa shape index (κ2) is 8.00. The fourth-order valence-electron chi connectivity index (χ4n) is 4.15. The van der Waals surface area contributed by atoms with Crippen LogP contribution in [0, 0.1) is 13.8 Å². The summed E-state index contributed by atoms with van der Waals surface area (Å²) in [4.78, 5) is 13.8. The highest BCUT2D eigenvalue weighted by atomic mass is 15.3. The van der Waals surface area contributed by atoms with Crippen molar-refractivity contribution in [2.24, 2.45) is 0 Å². The van der Waals surface area contributed by atoms with Crippen LogP contribution < -0.4 is 10.2 Å². The molecule has 1 saturated heterocycles. The Balaban J connectivity index is 1.50. The van der Waals surface area contributed by atoms with Gasteiger partial charge >= 0.3 is 0 Å². The molecule has 0 unspecified atom stereocenters. The largest absolute Gasteiger partial charge is 0.369 e. The molecule has 2 aromatic heterocycles. The summed E-state index contributed by atoms with van der Waals surface area (Å²) in [7, 11) is 2.17. The normalized spacial score (nSPS) is 14.9. The molecule has 1 N–H and O–H groups in total. The van der Waals surface area contributed by atoms with Crippen LogP contribution in [0.25, 0.3) is 16.7 Å². The molecule has 0 radical (unpaired) electrons. The quantitative estimate of drug-likeness (QED) is 0.547. The number of hydrogen-bond donors (Lipinski definition) is 1. The van der Waals surface area contributed by atoms with Crippen LogP contribution in [0.2, 0.25) is 0 Å². The average molecular weight is 414 g/mol. The first kappa shape index (κ1) is 19.5. The maximum absolute atomic E-state index is 4.66. The lowest BCUT2D eigenvalue weighted by Crippen LogP contribution is -2.44. The number of aryl methyl sites for hydroxylation is 2. The zero-order chi connectivity index (χ0) is 21.4. The third-order valence-corrected chi connectivity index (χ3v) is 6.03. The second-order valence-electron chi connectivity index (χ2n) is 8.22. The van der Waals surface area contributed by atoms with Crippen LogP contribution in [0.1, 0.15) is 11.1 Å².